The summed E-state index contributed by atoms with van der Waals surface area (Å²) < 4.78 is 27.9. The highest BCUT2D eigenvalue weighted by atomic mass is 79.9. The minimum atomic E-state index is -3.47. The monoisotopic (exact) mass is 398 g/mol. The lowest BCUT2D eigenvalue weighted by atomic mass is 10.4. The topological polar surface area (TPSA) is 58.2 Å². The lowest BCUT2D eigenvalue weighted by molar-refractivity contribution is 0.575. The molecule has 0 atom stereocenters. The first kappa shape index (κ1) is 16.1. The van der Waals surface area contributed by atoms with E-state index in [1.165, 1.54) is 0 Å². The zero-order valence-electron chi connectivity index (χ0n) is 10.0. The van der Waals surface area contributed by atoms with E-state index in [1.54, 1.807) is 18.2 Å². The number of rotatable bonds is 7. The van der Waals surface area contributed by atoms with Crippen molar-refractivity contribution in [3.8, 4) is 0 Å². The van der Waals surface area contributed by atoms with Gasteiger partial charge in [0.25, 0.3) is 0 Å². The number of nitrogens with one attached hydrogen (secondary N) is 2. The van der Waals surface area contributed by atoms with E-state index in [4.69, 9.17) is 0 Å². The first-order valence-electron chi connectivity index (χ1n) is 5.63. The number of sulfonamides is 1. The van der Waals surface area contributed by atoms with Crippen LogP contribution < -0.4 is 10.0 Å². The van der Waals surface area contributed by atoms with E-state index < -0.39 is 10.0 Å². The van der Waals surface area contributed by atoms with Crippen molar-refractivity contribution in [2.45, 2.75) is 18.2 Å². The van der Waals surface area contributed by atoms with Crippen molar-refractivity contribution in [1.82, 2.24) is 10.0 Å². The Kier molecular flexibility index (Phi) is 6.79. The number of halogens is 2. The maximum atomic E-state index is 12.0. The summed E-state index contributed by atoms with van der Waals surface area (Å²) >= 11 is 6.51. The Morgan fingerprint density at radius 1 is 1.17 bits per heavy atom. The molecule has 102 valence electrons. The predicted octanol–water partition coefficient (Wildman–Crippen LogP) is 2.49. The van der Waals surface area contributed by atoms with Gasteiger partial charge < -0.3 is 5.32 Å². The average molecular weight is 400 g/mol. The first-order chi connectivity index (χ1) is 8.47. The fourth-order valence-corrected chi connectivity index (χ4v) is 3.87. The molecule has 0 aliphatic rings. The second kappa shape index (κ2) is 7.59. The highest BCUT2D eigenvalue weighted by Gasteiger charge is 2.17. The van der Waals surface area contributed by atoms with E-state index in [2.05, 4.69) is 48.8 Å². The van der Waals surface area contributed by atoms with Crippen LogP contribution in [0.3, 0.4) is 0 Å². The summed E-state index contributed by atoms with van der Waals surface area (Å²) in [6.07, 6.45) is 1.03. The third kappa shape index (κ3) is 4.97. The van der Waals surface area contributed by atoms with Gasteiger partial charge in [-0.15, -0.1) is 0 Å². The zero-order valence-corrected chi connectivity index (χ0v) is 14.0. The molecule has 0 amide bonds. The van der Waals surface area contributed by atoms with Gasteiger partial charge in [-0.25, -0.2) is 13.1 Å². The Balaban J connectivity index is 2.66. The number of benzene rings is 1. The molecule has 0 aliphatic carbocycles. The summed E-state index contributed by atoms with van der Waals surface area (Å²) in [6, 6.07) is 5.06. The number of hydrogen-bond donors (Lipinski definition) is 2. The summed E-state index contributed by atoms with van der Waals surface area (Å²) in [4.78, 5) is 0.243. The Morgan fingerprint density at radius 3 is 2.56 bits per heavy atom. The van der Waals surface area contributed by atoms with Crippen LogP contribution in [-0.4, -0.2) is 28.1 Å². The fourth-order valence-electron chi connectivity index (χ4n) is 1.34. The Bertz CT molecular complexity index is 492. The molecule has 0 spiro atoms. The Morgan fingerprint density at radius 2 is 1.89 bits per heavy atom. The van der Waals surface area contributed by atoms with Crippen LogP contribution in [0, 0.1) is 0 Å². The van der Waals surface area contributed by atoms with Crippen molar-refractivity contribution in [2.75, 3.05) is 19.6 Å². The molecule has 1 rings (SSSR count). The van der Waals surface area contributed by atoms with Gasteiger partial charge in [0.2, 0.25) is 10.0 Å². The molecule has 1 aromatic carbocycles. The van der Waals surface area contributed by atoms with Gasteiger partial charge in [-0.1, -0.05) is 22.9 Å². The maximum absolute atomic E-state index is 12.0. The maximum Gasteiger partial charge on any atom is 0.241 e. The minimum Gasteiger partial charge on any atom is -0.315 e. The van der Waals surface area contributed by atoms with Crippen LogP contribution in [0.25, 0.3) is 0 Å². The molecule has 0 unspecified atom stereocenters. The third-order valence-electron chi connectivity index (χ3n) is 2.20. The van der Waals surface area contributed by atoms with Crippen molar-refractivity contribution >= 4 is 41.9 Å². The minimum absolute atomic E-state index is 0.243. The summed E-state index contributed by atoms with van der Waals surface area (Å²) in [5.41, 5.74) is 0. The van der Waals surface area contributed by atoms with Gasteiger partial charge in [0.15, 0.2) is 0 Å². The molecule has 0 heterocycles. The van der Waals surface area contributed by atoms with Gasteiger partial charge in [-0.3, -0.25) is 0 Å². The van der Waals surface area contributed by atoms with Gasteiger partial charge in [0, 0.05) is 22.0 Å². The summed E-state index contributed by atoms with van der Waals surface area (Å²) in [7, 11) is -3.47. The molecule has 7 heteroatoms. The van der Waals surface area contributed by atoms with Crippen molar-refractivity contribution in [2.24, 2.45) is 0 Å². The second-order valence-electron chi connectivity index (χ2n) is 3.72. The molecule has 18 heavy (non-hydrogen) atoms. The summed E-state index contributed by atoms with van der Waals surface area (Å²) in [5.74, 6) is 0. The van der Waals surface area contributed by atoms with Crippen molar-refractivity contribution in [3.05, 3.63) is 27.1 Å². The normalized spacial score (nSPS) is 11.7. The van der Waals surface area contributed by atoms with Crippen LogP contribution in [-0.2, 0) is 10.0 Å². The van der Waals surface area contributed by atoms with Gasteiger partial charge in [-0.05, 0) is 47.1 Å². The average Bonchev–Trinajstić information content (AvgIpc) is 2.32. The van der Waals surface area contributed by atoms with Crippen molar-refractivity contribution in [3.63, 3.8) is 0 Å². The lowest BCUT2D eigenvalue weighted by Gasteiger charge is -2.09. The van der Waals surface area contributed by atoms with Gasteiger partial charge in [-0.2, -0.15) is 0 Å². The van der Waals surface area contributed by atoms with Crippen LogP contribution in [0.2, 0.25) is 0 Å². The first-order valence-corrected chi connectivity index (χ1v) is 8.69. The molecule has 0 saturated heterocycles. The lowest BCUT2D eigenvalue weighted by Crippen LogP contribution is -2.32. The second-order valence-corrected chi connectivity index (χ2v) is 7.23. The van der Waals surface area contributed by atoms with Gasteiger partial charge in [0.05, 0.1) is 4.90 Å². The van der Waals surface area contributed by atoms with Crippen LogP contribution in [0.4, 0.5) is 0 Å². The molecular formula is C11H16Br2N2O2S. The molecule has 0 bridgehead atoms. The van der Waals surface area contributed by atoms with Crippen molar-refractivity contribution in [1.29, 1.82) is 0 Å². The molecule has 0 aliphatic heterocycles. The van der Waals surface area contributed by atoms with E-state index in [0.717, 1.165) is 17.4 Å². The SMILES string of the molecule is CCCNCCNS(=O)(=O)c1cc(Br)ccc1Br. The molecule has 0 aromatic heterocycles. The summed E-state index contributed by atoms with van der Waals surface area (Å²) in [5, 5.41) is 3.14. The van der Waals surface area contributed by atoms with Crippen LogP contribution in [0.1, 0.15) is 13.3 Å². The van der Waals surface area contributed by atoms with Crippen molar-refractivity contribution < 1.29 is 8.42 Å². The predicted molar refractivity (Wildman–Crippen MR) is 80.2 cm³/mol. The molecule has 1 aromatic rings. The highest BCUT2D eigenvalue weighted by Crippen LogP contribution is 2.25. The van der Waals surface area contributed by atoms with E-state index in [0.29, 0.717) is 17.6 Å². The number of hydrogen-bond acceptors (Lipinski definition) is 3. The molecule has 4 nitrogen and oxygen atoms in total. The highest BCUT2D eigenvalue weighted by molar-refractivity contribution is 9.11. The molecule has 0 saturated carbocycles. The van der Waals surface area contributed by atoms with E-state index >= 15 is 0 Å². The Labute approximate surface area is 125 Å². The van der Waals surface area contributed by atoms with E-state index in [9.17, 15) is 8.42 Å². The van der Waals surface area contributed by atoms with Gasteiger partial charge in [0.1, 0.15) is 0 Å². The molecule has 0 radical (unpaired) electrons. The summed E-state index contributed by atoms with van der Waals surface area (Å²) in [6.45, 7) is 3.96. The fraction of sp³-hybridized carbons (Fsp3) is 0.455. The van der Waals surface area contributed by atoms with Crippen LogP contribution in [0.15, 0.2) is 32.0 Å². The zero-order chi connectivity index (χ0) is 13.6. The molecule has 0 fully saturated rings. The van der Waals surface area contributed by atoms with Gasteiger partial charge >= 0.3 is 0 Å². The Hall–Kier alpha value is 0.0500. The third-order valence-corrected chi connectivity index (χ3v) is 5.15. The van der Waals surface area contributed by atoms with Crippen LogP contribution >= 0.6 is 31.9 Å². The van der Waals surface area contributed by atoms with E-state index in [-0.39, 0.29) is 4.90 Å². The van der Waals surface area contributed by atoms with Crippen LogP contribution in [0.5, 0.6) is 0 Å². The standard InChI is InChI=1S/C11H16Br2N2O2S/c1-2-5-14-6-7-15-18(16,17)11-8-9(12)3-4-10(11)13/h3-4,8,14-15H,2,5-7H2,1H3. The molecular weight excluding hydrogens is 384 g/mol. The smallest absolute Gasteiger partial charge is 0.241 e. The van der Waals surface area contributed by atoms with E-state index in [1.807, 2.05) is 0 Å². The molecule has 2 N–H and O–H groups in total. The largest absolute Gasteiger partial charge is 0.315 e. The quantitative estimate of drug-likeness (QED) is 0.692.